The van der Waals surface area contributed by atoms with Crippen molar-refractivity contribution in [3.63, 3.8) is 0 Å². The van der Waals surface area contributed by atoms with Gasteiger partial charge in [-0.3, -0.25) is 10.1 Å². The monoisotopic (exact) mass is 327 g/mol. The number of anilines is 1. The van der Waals surface area contributed by atoms with Crippen LogP contribution in [0.15, 0.2) is 35.1 Å². The van der Waals surface area contributed by atoms with E-state index >= 15 is 0 Å². The van der Waals surface area contributed by atoms with Gasteiger partial charge in [0.15, 0.2) is 6.61 Å². The molecule has 2 N–H and O–H groups in total. The topological polar surface area (TPSA) is 84.1 Å². The molecular formula is C14H12F3N3O3. The van der Waals surface area contributed by atoms with Crippen LogP contribution in [0.4, 0.5) is 23.7 Å². The van der Waals surface area contributed by atoms with E-state index in [1.807, 2.05) is 0 Å². The summed E-state index contributed by atoms with van der Waals surface area (Å²) in [6, 6.07) is 7.37. The van der Waals surface area contributed by atoms with Gasteiger partial charge in [0.05, 0.1) is 5.69 Å². The van der Waals surface area contributed by atoms with E-state index < -0.39 is 18.9 Å². The Kier molecular flexibility index (Phi) is 4.68. The normalized spacial score (nSPS) is 11.1. The predicted octanol–water partition coefficient (Wildman–Crippen LogP) is 2.86. The molecule has 2 rings (SSSR count). The number of benzene rings is 1. The maximum Gasteiger partial charge on any atom is 0.422 e. The highest BCUT2D eigenvalue weighted by atomic mass is 19.4. The fourth-order valence-electron chi connectivity index (χ4n) is 1.75. The van der Waals surface area contributed by atoms with E-state index in [1.54, 1.807) is 19.1 Å². The smallest absolute Gasteiger partial charge is 0.422 e. The summed E-state index contributed by atoms with van der Waals surface area (Å²) < 4.78 is 39.8. The summed E-state index contributed by atoms with van der Waals surface area (Å²) in [5.41, 5.74) is 1.01. The zero-order valence-corrected chi connectivity index (χ0v) is 11.9. The molecule has 1 aromatic heterocycles. The summed E-state index contributed by atoms with van der Waals surface area (Å²) in [6.45, 7) is -0.0234. The van der Waals surface area contributed by atoms with Gasteiger partial charge in [0.1, 0.15) is 5.82 Å². The number of hydrogen-bond acceptors (Lipinski definition) is 4. The van der Waals surface area contributed by atoms with Gasteiger partial charge in [-0.2, -0.15) is 13.2 Å². The van der Waals surface area contributed by atoms with Crippen LogP contribution in [-0.2, 0) is 4.74 Å². The number of carbonyl (C=O) groups excluding carboxylic acids is 1. The quantitative estimate of drug-likeness (QED) is 0.908. The van der Waals surface area contributed by atoms with Crippen LogP contribution in [0.3, 0.4) is 0 Å². The lowest BCUT2D eigenvalue weighted by Gasteiger charge is -2.09. The molecule has 0 spiro atoms. The Balaban J connectivity index is 2.05. The van der Waals surface area contributed by atoms with Crippen LogP contribution >= 0.6 is 0 Å². The number of nitrogens with zero attached hydrogens (tertiary/aromatic N) is 1. The molecule has 0 radical (unpaired) electrons. The lowest BCUT2D eigenvalue weighted by molar-refractivity contribution is -0.159. The Labute approximate surface area is 128 Å². The molecule has 9 heteroatoms. The Morgan fingerprint density at radius 3 is 2.52 bits per heavy atom. The highest BCUT2D eigenvalue weighted by Gasteiger charge is 2.29. The molecule has 2 aromatic rings. The van der Waals surface area contributed by atoms with E-state index in [0.717, 1.165) is 0 Å². The van der Waals surface area contributed by atoms with E-state index in [2.05, 4.69) is 20.0 Å². The van der Waals surface area contributed by atoms with Gasteiger partial charge in [-0.1, -0.05) is 12.1 Å². The van der Waals surface area contributed by atoms with Crippen molar-refractivity contribution in [1.29, 1.82) is 0 Å². The molecule has 0 saturated carbocycles. The van der Waals surface area contributed by atoms with E-state index in [4.69, 9.17) is 0 Å². The first-order chi connectivity index (χ1) is 10.7. The largest absolute Gasteiger partial charge is 0.440 e. The van der Waals surface area contributed by atoms with Gasteiger partial charge in [0, 0.05) is 17.3 Å². The first kappa shape index (κ1) is 16.5. The third kappa shape index (κ3) is 5.13. The van der Waals surface area contributed by atoms with Crippen LogP contribution in [0, 0.1) is 6.92 Å². The molecule has 23 heavy (non-hydrogen) atoms. The molecule has 0 aliphatic rings. The Morgan fingerprint density at radius 2 is 1.96 bits per heavy atom. The molecule has 1 heterocycles. The molecule has 122 valence electrons. The standard InChI is InChI=1S/C14H12F3N3O3/c1-8-18-11(6-12(21)19-8)9-2-4-10(5-3-9)20-13(22)23-7-14(15,16)17/h2-6H,7H2,1H3,(H,20,22)(H,18,19,21). The summed E-state index contributed by atoms with van der Waals surface area (Å²) in [7, 11) is 0. The fourth-order valence-corrected chi connectivity index (χ4v) is 1.75. The minimum Gasteiger partial charge on any atom is -0.440 e. The molecule has 0 aliphatic heterocycles. The van der Waals surface area contributed by atoms with Gasteiger partial charge in [0.25, 0.3) is 5.56 Å². The lowest BCUT2D eigenvalue weighted by atomic mass is 10.1. The van der Waals surface area contributed by atoms with E-state index in [1.165, 1.54) is 18.2 Å². The van der Waals surface area contributed by atoms with E-state index in [0.29, 0.717) is 17.1 Å². The SMILES string of the molecule is Cc1nc(-c2ccc(NC(=O)OCC(F)(F)F)cc2)cc(=O)[nH]1. The minimum absolute atomic E-state index is 0.252. The number of carbonyl (C=O) groups is 1. The minimum atomic E-state index is -4.58. The number of amides is 1. The number of alkyl halides is 3. The average Bonchev–Trinajstić information content (AvgIpc) is 2.44. The first-order valence-corrected chi connectivity index (χ1v) is 6.42. The van der Waals surface area contributed by atoms with Crippen LogP contribution in [-0.4, -0.2) is 28.8 Å². The molecule has 0 atom stereocenters. The summed E-state index contributed by atoms with van der Waals surface area (Å²) in [5.74, 6) is 0.449. The van der Waals surface area contributed by atoms with E-state index in [9.17, 15) is 22.8 Å². The number of aromatic nitrogens is 2. The number of halogens is 3. The number of aromatic amines is 1. The summed E-state index contributed by atoms with van der Waals surface area (Å²) in [6.07, 6.45) is -5.79. The molecule has 1 amide bonds. The van der Waals surface area contributed by atoms with E-state index in [-0.39, 0.29) is 11.2 Å². The van der Waals surface area contributed by atoms with Crippen molar-refractivity contribution >= 4 is 11.8 Å². The van der Waals surface area contributed by atoms with Crippen LogP contribution < -0.4 is 10.9 Å². The van der Waals surface area contributed by atoms with Crippen LogP contribution in [0.5, 0.6) is 0 Å². The van der Waals surface area contributed by atoms with Gasteiger partial charge in [0.2, 0.25) is 0 Å². The van der Waals surface area contributed by atoms with Gasteiger partial charge in [-0.05, 0) is 19.1 Å². The molecule has 0 aliphatic carbocycles. The van der Waals surface area contributed by atoms with Crippen molar-refractivity contribution in [3.8, 4) is 11.3 Å². The fraction of sp³-hybridized carbons (Fsp3) is 0.214. The number of aryl methyl sites for hydroxylation is 1. The Bertz CT molecular complexity index is 754. The number of rotatable bonds is 3. The van der Waals surface area contributed by atoms with Gasteiger partial charge < -0.3 is 9.72 Å². The molecule has 0 bridgehead atoms. The van der Waals surface area contributed by atoms with Crippen LogP contribution in [0.25, 0.3) is 11.3 Å². The number of H-pyrrole nitrogens is 1. The van der Waals surface area contributed by atoms with Gasteiger partial charge >= 0.3 is 12.3 Å². The second-order valence-corrected chi connectivity index (χ2v) is 4.61. The van der Waals surface area contributed by atoms with Crippen molar-refractivity contribution < 1.29 is 22.7 Å². The summed E-state index contributed by atoms with van der Waals surface area (Å²) in [5, 5.41) is 2.17. The molecule has 0 saturated heterocycles. The van der Waals surface area contributed by atoms with Crippen molar-refractivity contribution in [2.75, 3.05) is 11.9 Å². The first-order valence-electron chi connectivity index (χ1n) is 6.42. The van der Waals surface area contributed by atoms with Crippen molar-refractivity contribution in [3.05, 3.63) is 46.5 Å². The highest BCUT2D eigenvalue weighted by molar-refractivity contribution is 5.85. The predicted molar refractivity (Wildman–Crippen MR) is 76.1 cm³/mol. The summed E-state index contributed by atoms with van der Waals surface area (Å²) in [4.78, 5) is 29.3. The number of hydrogen-bond donors (Lipinski definition) is 2. The summed E-state index contributed by atoms with van der Waals surface area (Å²) >= 11 is 0. The van der Waals surface area contributed by atoms with Crippen molar-refractivity contribution in [2.24, 2.45) is 0 Å². The molecule has 0 fully saturated rings. The lowest BCUT2D eigenvalue weighted by Crippen LogP contribution is -2.23. The number of nitrogens with one attached hydrogen (secondary N) is 2. The molecule has 0 unspecified atom stereocenters. The second kappa shape index (κ2) is 6.51. The molecule has 6 nitrogen and oxygen atoms in total. The second-order valence-electron chi connectivity index (χ2n) is 4.61. The Morgan fingerprint density at radius 1 is 1.30 bits per heavy atom. The third-order valence-corrected chi connectivity index (χ3v) is 2.65. The number of ether oxygens (including phenoxy) is 1. The molecular weight excluding hydrogens is 315 g/mol. The molecule has 1 aromatic carbocycles. The highest BCUT2D eigenvalue weighted by Crippen LogP contribution is 2.19. The zero-order valence-electron chi connectivity index (χ0n) is 11.9. The third-order valence-electron chi connectivity index (χ3n) is 2.65. The maximum absolute atomic E-state index is 11.9. The van der Waals surface area contributed by atoms with Crippen molar-refractivity contribution in [2.45, 2.75) is 13.1 Å². The van der Waals surface area contributed by atoms with Gasteiger partial charge in [-0.25, -0.2) is 9.78 Å². The van der Waals surface area contributed by atoms with Gasteiger partial charge in [-0.15, -0.1) is 0 Å². The van der Waals surface area contributed by atoms with Crippen molar-refractivity contribution in [1.82, 2.24) is 9.97 Å². The van der Waals surface area contributed by atoms with Crippen LogP contribution in [0.1, 0.15) is 5.82 Å². The van der Waals surface area contributed by atoms with Crippen LogP contribution in [0.2, 0.25) is 0 Å². The Hall–Kier alpha value is -2.84. The zero-order chi connectivity index (χ0) is 17.0. The maximum atomic E-state index is 11.9. The average molecular weight is 327 g/mol.